The number of ether oxygens (including phenoxy) is 2. The zero-order chi connectivity index (χ0) is 19.6. The normalized spacial score (nSPS) is 11.8. The molecule has 1 atom stereocenters. The third kappa shape index (κ3) is 6.46. The van der Waals surface area contributed by atoms with Gasteiger partial charge in [-0.2, -0.15) is 0 Å². The molecule has 0 fully saturated rings. The molecule has 9 heteroatoms. The molecule has 0 unspecified atom stereocenters. The minimum Gasteiger partial charge on any atom is -0.467 e. The van der Waals surface area contributed by atoms with Crippen molar-refractivity contribution in [3.8, 4) is 0 Å². The highest BCUT2D eigenvalue weighted by molar-refractivity contribution is 5.81. The third-order valence-electron chi connectivity index (χ3n) is 3.47. The molecule has 1 N–H and O–H groups in total. The summed E-state index contributed by atoms with van der Waals surface area (Å²) in [5, 5.41) is 2.52. The van der Waals surface area contributed by atoms with E-state index in [0.717, 1.165) is 5.56 Å². The maximum atomic E-state index is 12.1. The minimum absolute atomic E-state index is 0.101. The topological polar surface area (TPSA) is 98.0 Å². The zero-order valence-corrected chi connectivity index (χ0v) is 15.5. The summed E-state index contributed by atoms with van der Waals surface area (Å²) in [6.07, 6.45) is 4.10. The number of aromatic nitrogens is 2. The van der Waals surface area contributed by atoms with E-state index in [1.54, 1.807) is 28.2 Å². The van der Waals surface area contributed by atoms with Crippen LogP contribution in [0.3, 0.4) is 0 Å². The number of amides is 1. The fourth-order valence-corrected chi connectivity index (χ4v) is 2.16. The second kappa shape index (κ2) is 9.95. The quantitative estimate of drug-likeness (QED) is 0.428. The van der Waals surface area contributed by atoms with Gasteiger partial charge >= 0.3 is 12.1 Å². The number of aliphatic imine (C=N–C) groups is 1. The van der Waals surface area contributed by atoms with E-state index in [9.17, 15) is 9.59 Å². The Morgan fingerprint density at radius 2 is 2.07 bits per heavy atom. The Morgan fingerprint density at radius 3 is 2.74 bits per heavy atom. The van der Waals surface area contributed by atoms with Crippen LogP contribution in [-0.4, -0.2) is 60.1 Å². The fraction of sp³-hybridized carbons (Fsp3) is 0.333. The number of carbonyl (C=O) groups excluding carboxylic acids is 2. The second-order valence-electron chi connectivity index (χ2n) is 5.87. The zero-order valence-electron chi connectivity index (χ0n) is 15.5. The number of esters is 1. The maximum absolute atomic E-state index is 12.1. The van der Waals surface area contributed by atoms with E-state index in [1.165, 1.54) is 7.11 Å². The first-order chi connectivity index (χ1) is 13.0. The van der Waals surface area contributed by atoms with Crippen LogP contribution < -0.4 is 5.32 Å². The van der Waals surface area contributed by atoms with Gasteiger partial charge in [-0.1, -0.05) is 30.3 Å². The van der Waals surface area contributed by atoms with Crippen molar-refractivity contribution in [3.05, 3.63) is 48.3 Å². The van der Waals surface area contributed by atoms with Gasteiger partial charge in [-0.3, -0.25) is 0 Å². The summed E-state index contributed by atoms with van der Waals surface area (Å²) < 4.78 is 11.6. The van der Waals surface area contributed by atoms with Crippen LogP contribution in [0.25, 0.3) is 0 Å². The predicted molar refractivity (Wildman–Crippen MR) is 99.6 cm³/mol. The summed E-state index contributed by atoms with van der Waals surface area (Å²) in [6, 6.07) is 8.31. The number of nitrogens with one attached hydrogen (secondary N) is 1. The van der Waals surface area contributed by atoms with Crippen molar-refractivity contribution in [3.63, 3.8) is 0 Å². The lowest BCUT2D eigenvalue weighted by molar-refractivity contribution is -0.143. The maximum Gasteiger partial charge on any atom is 0.408 e. The molecule has 1 aromatic carbocycles. The van der Waals surface area contributed by atoms with E-state index in [4.69, 9.17) is 9.47 Å². The number of imidazole rings is 1. The van der Waals surface area contributed by atoms with Crippen LogP contribution in [0.2, 0.25) is 0 Å². The Kier molecular flexibility index (Phi) is 7.36. The predicted octanol–water partition coefficient (Wildman–Crippen LogP) is 1.57. The van der Waals surface area contributed by atoms with Gasteiger partial charge in [-0.25, -0.2) is 19.6 Å². The van der Waals surface area contributed by atoms with E-state index in [1.807, 2.05) is 44.4 Å². The summed E-state index contributed by atoms with van der Waals surface area (Å²) in [7, 11) is 4.92. The van der Waals surface area contributed by atoms with Gasteiger partial charge in [0.25, 0.3) is 0 Å². The van der Waals surface area contributed by atoms with Crippen molar-refractivity contribution >= 4 is 24.3 Å². The molecule has 0 bridgehead atoms. The van der Waals surface area contributed by atoms with E-state index in [0.29, 0.717) is 5.95 Å². The molecule has 1 amide bonds. The lowest BCUT2D eigenvalue weighted by Crippen LogP contribution is -2.44. The number of carbonyl (C=O) groups is 2. The Bertz CT molecular complexity index is 773. The lowest BCUT2D eigenvalue weighted by atomic mass is 10.2. The molecule has 0 aliphatic carbocycles. The highest BCUT2D eigenvalue weighted by Crippen LogP contribution is 2.10. The molecule has 2 aromatic rings. The number of methoxy groups -OCH3 is 1. The molecule has 2 rings (SSSR count). The van der Waals surface area contributed by atoms with Crippen molar-refractivity contribution < 1.29 is 19.1 Å². The fourth-order valence-electron chi connectivity index (χ4n) is 2.16. The van der Waals surface area contributed by atoms with Gasteiger partial charge in [-0.05, 0) is 5.56 Å². The minimum atomic E-state index is -0.944. The Morgan fingerprint density at radius 1 is 1.33 bits per heavy atom. The van der Waals surface area contributed by atoms with Crippen LogP contribution in [0, 0.1) is 0 Å². The first kappa shape index (κ1) is 20.0. The summed E-state index contributed by atoms with van der Waals surface area (Å²) >= 11 is 0. The van der Waals surface area contributed by atoms with Crippen LogP contribution in [0.5, 0.6) is 0 Å². The van der Waals surface area contributed by atoms with Crippen LogP contribution in [0.15, 0.2) is 47.7 Å². The number of benzene rings is 1. The number of nitrogens with zero attached hydrogens (tertiary/aromatic N) is 4. The average Bonchev–Trinajstić information content (AvgIpc) is 3.11. The van der Waals surface area contributed by atoms with Gasteiger partial charge in [0.1, 0.15) is 12.6 Å². The van der Waals surface area contributed by atoms with Crippen molar-refractivity contribution in [2.24, 2.45) is 4.99 Å². The van der Waals surface area contributed by atoms with Crippen molar-refractivity contribution in [1.29, 1.82) is 0 Å². The second-order valence-corrected chi connectivity index (χ2v) is 5.87. The van der Waals surface area contributed by atoms with Crippen LogP contribution in [0.4, 0.5) is 10.7 Å². The number of hydrogen-bond donors (Lipinski definition) is 1. The Hall–Kier alpha value is -3.36. The van der Waals surface area contributed by atoms with Crippen molar-refractivity contribution in [2.45, 2.75) is 19.2 Å². The molecule has 144 valence electrons. The standard InChI is InChI=1S/C18H23N5O4/c1-22(2)13-20-17-19-9-10-23(17)11-15(16(24)26-3)21-18(25)27-12-14-7-5-4-6-8-14/h4-10,13,15H,11-12H2,1-3H3,(H,21,25)/t15-/m0/s1. The van der Waals surface area contributed by atoms with Gasteiger partial charge in [-0.15, -0.1) is 0 Å². The summed E-state index contributed by atoms with van der Waals surface area (Å²) in [4.78, 5) is 34.2. The number of rotatable bonds is 8. The van der Waals surface area contributed by atoms with Crippen LogP contribution in [-0.2, 0) is 27.4 Å². The Labute approximate surface area is 157 Å². The average molecular weight is 373 g/mol. The molecule has 0 saturated heterocycles. The van der Waals surface area contributed by atoms with Gasteiger partial charge in [0.15, 0.2) is 0 Å². The monoisotopic (exact) mass is 373 g/mol. The van der Waals surface area contributed by atoms with E-state index >= 15 is 0 Å². The molecule has 0 saturated carbocycles. The van der Waals surface area contributed by atoms with E-state index in [2.05, 4.69) is 15.3 Å². The molecule has 0 aliphatic heterocycles. The van der Waals surface area contributed by atoms with Gasteiger partial charge in [0.05, 0.1) is 20.0 Å². The molecule has 9 nitrogen and oxygen atoms in total. The molecule has 1 aromatic heterocycles. The highest BCUT2D eigenvalue weighted by Gasteiger charge is 2.23. The first-order valence-electron chi connectivity index (χ1n) is 8.26. The van der Waals surface area contributed by atoms with Gasteiger partial charge < -0.3 is 24.3 Å². The molecule has 0 aliphatic rings. The summed E-state index contributed by atoms with van der Waals surface area (Å²) in [5.74, 6) is -0.194. The third-order valence-corrected chi connectivity index (χ3v) is 3.47. The van der Waals surface area contributed by atoms with Crippen LogP contribution in [0.1, 0.15) is 5.56 Å². The summed E-state index contributed by atoms with van der Waals surface area (Å²) in [6.45, 7) is 0.206. The molecular weight excluding hydrogens is 350 g/mol. The number of hydrogen-bond acceptors (Lipinski definition) is 6. The first-order valence-corrected chi connectivity index (χ1v) is 8.26. The molecule has 0 spiro atoms. The lowest BCUT2D eigenvalue weighted by Gasteiger charge is -2.17. The van der Waals surface area contributed by atoms with E-state index in [-0.39, 0.29) is 13.2 Å². The van der Waals surface area contributed by atoms with E-state index < -0.39 is 18.1 Å². The largest absolute Gasteiger partial charge is 0.467 e. The van der Waals surface area contributed by atoms with Gasteiger partial charge in [0, 0.05) is 26.5 Å². The molecule has 0 radical (unpaired) electrons. The molecule has 1 heterocycles. The molecule has 27 heavy (non-hydrogen) atoms. The van der Waals surface area contributed by atoms with Crippen molar-refractivity contribution in [1.82, 2.24) is 19.8 Å². The Balaban J connectivity index is 2.00. The highest BCUT2D eigenvalue weighted by atomic mass is 16.6. The SMILES string of the molecule is COC(=O)[C@H](Cn1ccnc1N=CN(C)C)NC(=O)OCc1ccccc1. The smallest absolute Gasteiger partial charge is 0.408 e. The molecular formula is C18H23N5O4. The van der Waals surface area contributed by atoms with Crippen LogP contribution >= 0.6 is 0 Å². The van der Waals surface area contributed by atoms with Gasteiger partial charge in [0.2, 0.25) is 5.95 Å². The number of alkyl carbamates (subject to hydrolysis) is 1. The summed E-state index contributed by atoms with van der Waals surface area (Å²) in [5.41, 5.74) is 0.845. The van der Waals surface area contributed by atoms with Crippen molar-refractivity contribution in [2.75, 3.05) is 21.2 Å².